The fourth-order valence-electron chi connectivity index (χ4n) is 4.47. The second kappa shape index (κ2) is 10.2. The van der Waals surface area contributed by atoms with E-state index < -0.39 is 0 Å². The van der Waals surface area contributed by atoms with Crippen molar-refractivity contribution in [3.05, 3.63) is 80.4 Å². The molecule has 1 saturated heterocycles. The molecule has 2 aromatic heterocycles. The molecule has 172 valence electrons. The van der Waals surface area contributed by atoms with E-state index in [-0.39, 0.29) is 18.0 Å². The summed E-state index contributed by atoms with van der Waals surface area (Å²) in [5.74, 6) is -0.0181. The van der Waals surface area contributed by atoms with E-state index in [9.17, 15) is 4.79 Å². The zero-order valence-electron chi connectivity index (χ0n) is 19.0. The van der Waals surface area contributed by atoms with E-state index >= 15 is 0 Å². The van der Waals surface area contributed by atoms with Crippen LogP contribution in [0.5, 0.6) is 0 Å². The van der Waals surface area contributed by atoms with Crippen LogP contribution in [0.25, 0.3) is 0 Å². The first-order chi connectivity index (χ1) is 15.9. The number of thiocarbonyl (C=S) groups is 1. The van der Waals surface area contributed by atoms with Crippen molar-refractivity contribution in [2.75, 3.05) is 11.9 Å². The summed E-state index contributed by atoms with van der Waals surface area (Å²) >= 11 is 8.15. The summed E-state index contributed by atoms with van der Waals surface area (Å²) in [6.45, 7) is 6.77. The van der Waals surface area contributed by atoms with Crippen LogP contribution in [-0.2, 0) is 11.2 Å². The van der Waals surface area contributed by atoms with E-state index in [0.717, 1.165) is 34.8 Å². The Morgan fingerprint density at radius 1 is 1.18 bits per heavy atom. The van der Waals surface area contributed by atoms with Crippen LogP contribution in [-0.4, -0.2) is 32.4 Å². The van der Waals surface area contributed by atoms with E-state index in [4.69, 9.17) is 12.2 Å². The molecule has 0 aliphatic carbocycles. The van der Waals surface area contributed by atoms with Crippen LogP contribution in [0.2, 0.25) is 0 Å². The Morgan fingerprint density at radius 3 is 2.61 bits per heavy atom. The molecule has 0 unspecified atom stereocenters. The van der Waals surface area contributed by atoms with Gasteiger partial charge >= 0.3 is 0 Å². The number of nitrogens with one attached hydrogen (secondary N) is 3. The Kier molecular flexibility index (Phi) is 7.33. The number of carbonyl (C=O) groups excluding carboxylic acids is 1. The number of benzene rings is 1. The minimum Gasteiger partial charge on any atom is -0.362 e. The van der Waals surface area contributed by atoms with E-state index in [1.807, 2.05) is 42.5 Å². The number of para-hydroxylation sites is 1. The molecule has 1 aliphatic rings. The summed E-state index contributed by atoms with van der Waals surface area (Å²) in [5.41, 5.74) is 6.39. The predicted octanol–water partition coefficient (Wildman–Crippen LogP) is 5.19. The number of aryl methyl sites for hydroxylation is 3. The van der Waals surface area contributed by atoms with Crippen molar-refractivity contribution in [3.63, 3.8) is 0 Å². The molecule has 3 N–H and O–H groups in total. The molecule has 1 aromatic carbocycles. The number of halogens is 1. The lowest BCUT2D eigenvalue weighted by molar-refractivity contribution is -0.116. The summed E-state index contributed by atoms with van der Waals surface area (Å²) in [5, 5.41) is 7.19. The molecule has 4 rings (SSSR count). The summed E-state index contributed by atoms with van der Waals surface area (Å²) in [7, 11) is 0. The van der Waals surface area contributed by atoms with Crippen molar-refractivity contribution >= 4 is 51.5 Å². The first-order valence-electron chi connectivity index (χ1n) is 11.1. The van der Waals surface area contributed by atoms with Crippen LogP contribution in [0.1, 0.15) is 53.6 Å². The zero-order chi connectivity index (χ0) is 23.5. The molecule has 0 radical (unpaired) electrons. The highest BCUT2D eigenvalue weighted by Gasteiger charge is 2.42. The maximum Gasteiger partial charge on any atom is 0.226 e. The Labute approximate surface area is 213 Å². The van der Waals surface area contributed by atoms with Gasteiger partial charge in [0.05, 0.1) is 17.8 Å². The van der Waals surface area contributed by atoms with Crippen LogP contribution < -0.4 is 10.6 Å². The van der Waals surface area contributed by atoms with Gasteiger partial charge in [-0.25, -0.2) is 0 Å². The molecule has 8 heteroatoms. The summed E-state index contributed by atoms with van der Waals surface area (Å²) in [6, 6.07) is 13.7. The molecule has 0 bridgehead atoms. The van der Waals surface area contributed by atoms with Gasteiger partial charge in [-0.2, -0.15) is 0 Å². The molecule has 0 spiro atoms. The molecular formula is C25H28IN5OS. The van der Waals surface area contributed by atoms with Crippen molar-refractivity contribution in [3.8, 4) is 0 Å². The molecule has 1 amide bonds. The Bertz CT molecular complexity index is 1160. The second-order valence-electron chi connectivity index (χ2n) is 8.23. The molecule has 6 nitrogen and oxygen atoms in total. The number of anilines is 1. The van der Waals surface area contributed by atoms with Crippen LogP contribution in [0, 0.1) is 17.4 Å². The fourth-order valence-corrected chi connectivity index (χ4v) is 5.66. The zero-order valence-corrected chi connectivity index (χ0v) is 22.0. The summed E-state index contributed by atoms with van der Waals surface area (Å²) in [6.07, 6.45) is 3.01. The van der Waals surface area contributed by atoms with E-state index in [0.29, 0.717) is 18.1 Å². The molecule has 33 heavy (non-hydrogen) atoms. The molecule has 0 saturated carbocycles. The number of hydrogen-bond acceptors (Lipinski definition) is 3. The molecule has 2 atom stereocenters. The number of rotatable bonds is 7. The largest absolute Gasteiger partial charge is 0.362 e. The number of nitrogens with zero attached hydrogens (tertiary/aromatic N) is 2. The molecule has 1 aliphatic heterocycles. The lowest BCUT2D eigenvalue weighted by atomic mass is 9.96. The van der Waals surface area contributed by atoms with Crippen LogP contribution >= 0.6 is 34.8 Å². The maximum absolute atomic E-state index is 12.9. The van der Waals surface area contributed by atoms with Gasteiger partial charge in [-0.3, -0.25) is 9.78 Å². The summed E-state index contributed by atoms with van der Waals surface area (Å²) < 4.78 is 1.19. The van der Waals surface area contributed by atoms with Gasteiger partial charge in [0.15, 0.2) is 5.11 Å². The molecule has 1 fully saturated rings. The Hall–Kier alpha value is -2.46. The van der Waals surface area contributed by atoms with Gasteiger partial charge in [-0.1, -0.05) is 31.2 Å². The quantitative estimate of drug-likeness (QED) is 0.268. The Morgan fingerprint density at radius 2 is 1.94 bits per heavy atom. The topological polar surface area (TPSA) is 73.1 Å². The van der Waals surface area contributed by atoms with Crippen molar-refractivity contribution in [2.45, 2.75) is 45.7 Å². The van der Waals surface area contributed by atoms with Crippen molar-refractivity contribution in [1.29, 1.82) is 0 Å². The third-order valence-corrected chi connectivity index (χ3v) is 7.83. The third kappa shape index (κ3) is 4.91. The van der Waals surface area contributed by atoms with Gasteiger partial charge in [0.1, 0.15) is 0 Å². The van der Waals surface area contributed by atoms with Gasteiger partial charge in [0.2, 0.25) is 5.91 Å². The van der Waals surface area contributed by atoms with Crippen molar-refractivity contribution in [2.24, 2.45) is 0 Å². The van der Waals surface area contributed by atoms with Crippen LogP contribution in [0.3, 0.4) is 0 Å². The van der Waals surface area contributed by atoms with Gasteiger partial charge < -0.3 is 20.5 Å². The van der Waals surface area contributed by atoms with Gasteiger partial charge in [0.25, 0.3) is 0 Å². The van der Waals surface area contributed by atoms with Crippen LogP contribution in [0.15, 0.2) is 48.7 Å². The lowest BCUT2D eigenvalue weighted by Crippen LogP contribution is -2.33. The third-order valence-electron chi connectivity index (χ3n) is 6.09. The summed E-state index contributed by atoms with van der Waals surface area (Å²) in [4.78, 5) is 23.1. The number of carbonyl (C=O) groups is 1. The number of aromatic nitrogens is 2. The highest BCUT2D eigenvalue weighted by Crippen LogP contribution is 2.42. The highest BCUT2D eigenvalue weighted by atomic mass is 127. The first kappa shape index (κ1) is 23.7. The predicted molar refractivity (Wildman–Crippen MR) is 144 cm³/mol. The van der Waals surface area contributed by atoms with Gasteiger partial charge in [-0.15, -0.1) is 0 Å². The number of pyridine rings is 1. The average molecular weight is 574 g/mol. The minimum atomic E-state index is -0.0926. The molecule has 3 aromatic rings. The second-order valence-corrected chi connectivity index (χ2v) is 9.70. The average Bonchev–Trinajstić information content (AvgIpc) is 3.27. The number of hydrogen-bond donors (Lipinski definition) is 3. The van der Waals surface area contributed by atoms with E-state index in [1.54, 1.807) is 6.20 Å². The highest BCUT2D eigenvalue weighted by molar-refractivity contribution is 14.1. The van der Waals surface area contributed by atoms with Crippen molar-refractivity contribution in [1.82, 2.24) is 20.2 Å². The van der Waals surface area contributed by atoms with E-state index in [2.05, 4.69) is 68.9 Å². The maximum atomic E-state index is 12.9. The van der Waals surface area contributed by atoms with Gasteiger partial charge in [-0.05, 0) is 78.8 Å². The monoisotopic (exact) mass is 573 g/mol. The Balaban J connectivity index is 1.59. The molecule has 3 heterocycles. The van der Waals surface area contributed by atoms with E-state index in [1.165, 1.54) is 9.13 Å². The van der Waals surface area contributed by atoms with Gasteiger partial charge in [0, 0.05) is 45.4 Å². The minimum absolute atomic E-state index is 0.0181. The standard InChI is InChI=1S/C25H28IN5OS/c1-4-17-9-5-6-10-18(17)29-20(32)12-14-31-24(21-15(2)28-16(3)22(21)26)23(30-25(31)33)19-11-7-8-13-27-19/h5-11,13,23-24,28H,4,12,14H2,1-3H3,(H,29,32)(H,30,33)/t23-,24+/m0/s1. The number of aromatic amines is 1. The van der Waals surface area contributed by atoms with Crippen molar-refractivity contribution < 1.29 is 4.79 Å². The SMILES string of the molecule is CCc1ccccc1NC(=O)CCN1C(=S)N[C@@H](c2ccccn2)[C@H]1c1c(C)[nH]c(C)c1I. The lowest BCUT2D eigenvalue weighted by Gasteiger charge is -2.28. The molecular weight excluding hydrogens is 545 g/mol. The number of amides is 1. The smallest absolute Gasteiger partial charge is 0.226 e. The first-order valence-corrected chi connectivity index (χ1v) is 12.6. The fraction of sp³-hybridized carbons (Fsp3) is 0.320. The normalized spacial score (nSPS) is 17.8. The van der Waals surface area contributed by atoms with Crippen LogP contribution in [0.4, 0.5) is 5.69 Å². The number of H-pyrrole nitrogens is 1.